The van der Waals surface area contributed by atoms with Gasteiger partial charge in [0.05, 0.1) is 6.42 Å². The maximum atomic E-state index is 11.6. The van der Waals surface area contributed by atoms with Crippen LogP contribution in [0.1, 0.15) is 46.5 Å². The summed E-state index contributed by atoms with van der Waals surface area (Å²) in [6.45, 7) is 5.83. The minimum Gasteiger partial charge on any atom is -0.481 e. The number of nitrogens with one attached hydrogen (secondary N) is 1. The summed E-state index contributed by atoms with van der Waals surface area (Å²) in [7, 11) is 0. The van der Waals surface area contributed by atoms with Gasteiger partial charge in [-0.1, -0.05) is 20.8 Å². The lowest BCUT2D eigenvalue weighted by molar-refractivity contribution is -0.138. The molecule has 0 aromatic rings. The van der Waals surface area contributed by atoms with Crippen molar-refractivity contribution in [2.45, 2.75) is 52.5 Å². The van der Waals surface area contributed by atoms with Crippen LogP contribution >= 0.6 is 0 Å². The van der Waals surface area contributed by atoms with Gasteiger partial charge in [-0.25, -0.2) is 0 Å². The van der Waals surface area contributed by atoms with Gasteiger partial charge in [0.1, 0.15) is 0 Å². The number of aliphatic carboxylic acids is 1. The van der Waals surface area contributed by atoms with Crippen LogP contribution in [0, 0.1) is 11.3 Å². The molecule has 92 valence electrons. The molecule has 1 aliphatic carbocycles. The molecule has 1 fully saturated rings. The second-order valence-corrected chi connectivity index (χ2v) is 5.73. The Kier molecular flexibility index (Phi) is 3.94. The quantitative estimate of drug-likeness (QED) is 0.752. The molecule has 16 heavy (non-hydrogen) atoms. The summed E-state index contributed by atoms with van der Waals surface area (Å²) in [5.74, 6) is -0.347. The smallest absolute Gasteiger partial charge is 0.305 e. The average Bonchev–Trinajstić information content (AvgIpc) is 2.84. The molecule has 1 atom stereocenters. The number of amides is 1. The molecule has 0 heterocycles. The molecule has 1 unspecified atom stereocenters. The predicted molar refractivity (Wildman–Crippen MR) is 61.0 cm³/mol. The number of hydrogen-bond donors (Lipinski definition) is 2. The normalized spacial score (nSPS) is 17.9. The van der Waals surface area contributed by atoms with E-state index < -0.39 is 5.97 Å². The second-order valence-electron chi connectivity index (χ2n) is 5.73. The zero-order valence-electron chi connectivity index (χ0n) is 10.2. The largest absolute Gasteiger partial charge is 0.481 e. The van der Waals surface area contributed by atoms with Crippen molar-refractivity contribution in [2.24, 2.45) is 11.3 Å². The third-order valence-corrected chi connectivity index (χ3v) is 2.93. The predicted octanol–water partition coefficient (Wildman–Crippen LogP) is 1.79. The second kappa shape index (κ2) is 4.85. The zero-order valence-corrected chi connectivity index (χ0v) is 10.2. The van der Waals surface area contributed by atoms with E-state index in [9.17, 15) is 9.59 Å². The molecule has 0 aromatic carbocycles. The molecule has 4 nitrogen and oxygen atoms in total. The average molecular weight is 227 g/mol. The standard InChI is InChI=1S/C12H21NO3/c1-12(2,3)9(7-11(15)16)13-10(14)6-8-4-5-8/h8-9H,4-7H2,1-3H3,(H,13,14)(H,15,16). The summed E-state index contributed by atoms with van der Waals surface area (Å²) in [5, 5.41) is 11.6. The third kappa shape index (κ3) is 4.64. The molecule has 1 aliphatic rings. The fraction of sp³-hybridized carbons (Fsp3) is 0.833. The topological polar surface area (TPSA) is 66.4 Å². The lowest BCUT2D eigenvalue weighted by Crippen LogP contribution is -2.45. The SMILES string of the molecule is CC(C)(C)C(CC(=O)O)NC(=O)CC1CC1. The maximum absolute atomic E-state index is 11.6. The Balaban J connectivity index is 2.47. The Labute approximate surface area is 96.4 Å². The molecule has 4 heteroatoms. The van der Waals surface area contributed by atoms with E-state index in [1.807, 2.05) is 20.8 Å². The summed E-state index contributed by atoms with van der Waals surface area (Å²) < 4.78 is 0. The van der Waals surface area contributed by atoms with E-state index in [0.29, 0.717) is 12.3 Å². The Morgan fingerprint density at radius 1 is 1.38 bits per heavy atom. The number of carbonyl (C=O) groups excluding carboxylic acids is 1. The van der Waals surface area contributed by atoms with E-state index >= 15 is 0 Å². The molecule has 0 saturated heterocycles. The van der Waals surface area contributed by atoms with Gasteiger partial charge in [-0.2, -0.15) is 0 Å². The first-order valence-corrected chi connectivity index (χ1v) is 5.80. The number of carbonyl (C=O) groups is 2. The van der Waals surface area contributed by atoms with Crippen LogP contribution in [0.25, 0.3) is 0 Å². The summed E-state index contributed by atoms with van der Waals surface area (Å²) in [4.78, 5) is 22.3. The van der Waals surface area contributed by atoms with E-state index in [-0.39, 0.29) is 23.8 Å². The third-order valence-electron chi connectivity index (χ3n) is 2.93. The Hall–Kier alpha value is -1.06. The van der Waals surface area contributed by atoms with Crippen LogP contribution in [0.3, 0.4) is 0 Å². The lowest BCUT2D eigenvalue weighted by atomic mass is 9.84. The summed E-state index contributed by atoms with van der Waals surface area (Å²) >= 11 is 0. The first-order chi connectivity index (χ1) is 7.29. The van der Waals surface area contributed by atoms with Gasteiger partial charge in [0.15, 0.2) is 0 Å². The summed E-state index contributed by atoms with van der Waals surface area (Å²) in [6, 6.07) is -0.295. The molecule has 0 aliphatic heterocycles. The molecule has 1 amide bonds. The first-order valence-electron chi connectivity index (χ1n) is 5.80. The highest BCUT2D eigenvalue weighted by Crippen LogP contribution is 2.32. The van der Waals surface area contributed by atoms with Crippen LogP contribution in [0.15, 0.2) is 0 Å². The van der Waals surface area contributed by atoms with Crippen LogP contribution in [0.2, 0.25) is 0 Å². The fourth-order valence-electron chi connectivity index (χ4n) is 1.59. The van der Waals surface area contributed by atoms with Crippen LogP contribution < -0.4 is 5.32 Å². The lowest BCUT2D eigenvalue weighted by Gasteiger charge is -2.30. The minimum absolute atomic E-state index is 0.0105. The molecular weight excluding hydrogens is 206 g/mol. The van der Waals surface area contributed by atoms with Gasteiger partial charge in [-0.05, 0) is 24.2 Å². The van der Waals surface area contributed by atoms with Gasteiger partial charge in [0, 0.05) is 12.5 Å². The molecule has 0 aromatic heterocycles. The van der Waals surface area contributed by atoms with Crippen LogP contribution in [0.4, 0.5) is 0 Å². The van der Waals surface area contributed by atoms with Crippen molar-refractivity contribution in [3.63, 3.8) is 0 Å². The van der Waals surface area contributed by atoms with Gasteiger partial charge in [-0.15, -0.1) is 0 Å². The van der Waals surface area contributed by atoms with Crippen LogP contribution in [-0.2, 0) is 9.59 Å². The van der Waals surface area contributed by atoms with Crippen molar-refractivity contribution in [1.82, 2.24) is 5.32 Å². The zero-order chi connectivity index (χ0) is 12.3. The van der Waals surface area contributed by atoms with Crippen molar-refractivity contribution in [3.05, 3.63) is 0 Å². The van der Waals surface area contributed by atoms with E-state index in [1.54, 1.807) is 0 Å². The first kappa shape index (κ1) is 13.0. The van der Waals surface area contributed by atoms with E-state index in [1.165, 1.54) is 0 Å². The Morgan fingerprint density at radius 2 is 1.94 bits per heavy atom. The highest BCUT2D eigenvalue weighted by molar-refractivity contribution is 5.78. The number of carboxylic acids is 1. The van der Waals surface area contributed by atoms with Crippen molar-refractivity contribution >= 4 is 11.9 Å². The van der Waals surface area contributed by atoms with Gasteiger partial charge in [0.2, 0.25) is 5.91 Å². The summed E-state index contributed by atoms with van der Waals surface area (Å²) in [5.41, 5.74) is -0.225. The van der Waals surface area contributed by atoms with Crippen molar-refractivity contribution < 1.29 is 14.7 Å². The maximum Gasteiger partial charge on any atom is 0.305 e. The Bertz CT molecular complexity index is 276. The number of carboxylic acid groups (broad SMARTS) is 1. The molecule has 1 saturated carbocycles. The number of hydrogen-bond acceptors (Lipinski definition) is 2. The van der Waals surface area contributed by atoms with Crippen molar-refractivity contribution in [3.8, 4) is 0 Å². The molecular formula is C12H21NO3. The van der Waals surface area contributed by atoms with E-state index in [2.05, 4.69) is 5.32 Å². The monoisotopic (exact) mass is 227 g/mol. The summed E-state index contributed by atoms with van der Waals surface area (Å²) in [6.07, 6.45) is 2.80. The highest BCUT2D eigenvalue weighted by atomic mass is 16.4. The number of rotatable bonds is 5. The van der Waals surface area contributed by atoms with Gasteiger partial charge in [0.25, 0.3) is 0 Å². The molecule has 0 radical (unpaired) electrons. The molecule has 0 spiro atoms. The van der Waals surface area contributed by atoms with Crippen molar-refractivity contribution in [2.75, 3.05) is 0 Å². The molecule has 1 rings (SSSR count). The Morgan fingerprint density at radius 3 is 2.31 bits per heavy atom. The molecule has 2 N–H and O–H groups in total. The van der Waals surface area contributed by atoms with Crippen LogP contribution in [0.5, 0.6) is 0 Å². The van der Waals surface area contributed by atoms with Gasteiger partial charge >= 0.3 is 5.97 Å². The highest BCUT2D eigenvalue weighted by Gasteiger charge is 2.30. The minimum atomic E-state index is -0.869. The fourth-order valence-corrected chi connectivity index (χ4v) is 1.59. The molecule has 0 bridgehead atoms. The van der Waals surface area contributed by atoms with Crippen molar-refractivity contribution in [1.29, 1.82) is 0 Å². The van der Waals surface area contributed by atoms with Gasteiger partial charge < -0.3 is 10.4 Å². The van der Waals surface area contributed by atoms with E-state index in [4.69, 9.17) is 5.11 Å². The van der Waals surface area contributed by atoms with E-state index in [0.717, 1.165) is 12.8 Å². The van der Waals surface area contributed by atoms with Gasteiger partial charge in [-0.3, -0.25) is 9.59 Å². The van der Waals surface area contributed by atoms with Crippen LogP contribution in [-0.4, -0.2) is 23.0 Å².